The Bertz CT molecular complexity index is 270. The van der Waals surface area contributed by atoms with Crippen LogP contribution in [0.3, 0.4) is 0 Å². The lowest BCUT2D eigenvalue weighted by Gasteiger charge is -2.31. The monoisotopic (exact) mass is 242 g/mol. The zero-order valence-electron chi connectivity index (χ0n) is 10.4. The van der Waals surface area contributed by atoms with E-state index in [1.165, 1.54) is 13.5 Å². The van der Waals surface area contributed by atoms with Crippen molar-refractivity contribution in [2.75, 3.05) is 33.2 Å². The summed E-state index contributed by atoms with van der Waals surface area (Å²) in [5.74, 6) is 0.310. The van der Waals surface area contributed by atoms with Gasteiger partial charge in [0.15, 0.2) is 0 Å². The molecule has 1 aliphatic rings. The molecule has 1 unspecified atom stereocenters. The Morgan fingerprint density at radius 3 is 2.88 bits per heavy atom. The molecular formula is C11H22N4O2. The first kappa shape index (κ1) is 13.9. The Balaban J connectivity index is 2.21. The average molecular weight is 242 g/mol. The maximum Gasteiger partial charge on any atom is 0.321 e. The zero-order chi connectivity index (χ0) is 12.7. The summed E-state index contributed by atoms with van der Waals surface area (Å²) in [7, 11) is 1.49. The van der Waals surface area contributed by atoms with Crippen LogP contribution in [0.25, 0.3) is 0 Å². The predicted molar refractivity (Wildman–Crippen MR) is 65.4 cm³/mol. The van der Waals surface area contributed by atoms with Gasteiger partial charge < -0.3 is 16.0 Å². The van der Waals surface area contributed by atoms with Gasteiger partial charge in [0.2, 0.25) is 5.91 Å². The summed E-state index contributed by atoms with van der Waals surface area (Å²) >= 11 is 0. The first-order valence-corrected chi connectivity index (χ1v) is 6.09. The van der Waals surface area contributed by atoms with E-state index >= 15 is 0 Å². The van der Waals surface area contributed by atoms with Crippen LogP contribution in [0.2, 0.25) is 0 Å². The van der Waals surface area contributed by atoms with Crippen molar-refractivity contribution in [1.82, 2.24) is 15.5 Å². The molecule has 4 N–H and O–H groups in total. The zero-order valence-corrected chi connectivity index (χ0v) is 10.4. The van der Waals surface area contributed by atoms with Gasteiger partial charge in [0.1, 0.15) is 0 Å². The highest BCUT2D eigenvalue weighted by Gasteiger charge is 2.19. The molecule has 1 rings (SSSR count). The number of likely N-dealkylation sites (tertiary alicyclic amines) is 1. The number of imide groups is 1. The quantitative estimate of drug-likeness (QED) is 0.620. The molecule has 0 aromatic carbocycles. The molecule has 1 atom stereocenters. The van der Waals surface area contributed by atoms with Crippen LogP contribution in [0.5, 0.6) is 0 Å². The van der Waals surface area contributed by atoms with Crippen molar-refractivity contribution in [3.63, 3.8) is 0 Å². The van der Waals surface area contributed by atoms with E-state index in [1.807, 2.05) is 0 Å². The molecule has 1 heterocycles. The van der Waals surface area contributed by atoms with Gasteiger partial charge in [-0.25, -0.2) is 4.79 Å². The second-order valence-electron chi connectivity index (χ2n) is 4.42. The highest BCUT2D eigenvalue weighted by molar-refractivity contribution is 5.94. The molecule has 1 fully saturated rings. The molecule has 1 aliphatic heterocycles. The molecule has 0 aliphatic carbocycles. The van der Waals surface area contributed by atoms with Crippen molar-refractivity contribution in [2.24, 2.45) is 11.7 Å². The van der Waals surface area contributed by atoms with Crippen LogP contribution < -0.4 is 16.4 Å². The lowest BCUT2D eigenvalue weighted by molar-refractivity contribution is -0.120. The first-order chi connectivity index (χ1) is 8.15. The van der Waals surface area contributed by atoms with Gasteiger partial charge in [-0.15, -0.1) is 0 Å². The maximum atomic E-state index is 11.4. The second-order valence-corrected chi connectivity index (χ2v) is 4.42. The third-order valence-corrected chi connectivity index (χ3v) is 3.07. The van der Waals surface area contributed by atoms with Crippen molar-refractivity contribution in [3.05, 3.63) is 0 Å². The van der Waals surface area contributed by atoms with Gasteiger partial charge in [0.05, 0.1) is 0 Å². The van der Waals surface area contributed by atoms with Crippen molar-refractivity contribution in [3.8, 4) is 0 Å². The highest BCUT2D eigenvalue weighted by Crippen LogP contribution is 2.14. The molecule has 0 saturated carbocycles. The summed E-state index contributed by atoms with van der Waals surface area (Å²) in [4.78, 5) is 24.5. The van der Waals surface area contributed by atoms with Gasteiger partial charge in [-0.2, -0.15) is 0 Å². The van der Waals surface area contributed by atoms with Gasteiger partial charge in [0.25, 0.3) is 0 Å². The van der Waals surface area contributed by atoms with E-state index in [9.17, 15) is 9.59 Å². The third kappa shape index (κ3) is 5.14. The van der Waals surface area contributed by atoms with Gasteiger partial charge in [0, 0.05) is 26.6 Å². The molecular weight excluding hydrogens is 220 g/mol. The summed E-state index contributed by atoms with van der Waals surface area (Å²) in [6.07, 6.45) is 2.67. The summed E-state index contributed by atoms with van der Waals surface area (Å²) in [6, 6.07) is -0.450. The molecule has 6 heteroatoms. The topological polar surface area (TPSA) is 87.5 Å². The lowest BCUT2D eigenvalue weighted by atomic mass is 9.98. The molecule has 6 nitrogen and oxygen atoms in total. The lowest BCUT2D eigenvalue weighted by Crippen LogP contribution is -2.42. The number of carbonyl (C=O) groups excluding carboxylic acids is 2. The van der Waals surface area contributed by atoms with Crippen LogP contribution in [0.4, 0.5) is 4.79 Å². The van der Waals surface area contributed by atoms with Crippen molar-refractivity contribution >= 4 is 11.9 Å². The minimum Gasteiger partial charge on any atom is -0.341 e. The Labute approximate surface area is 102 Å². The normalized spacial score (nSPS) is 20.9. The van der Waals surface area contributed by atoms with Crippen LogP contribution in [-0.4, -0.2) is 50.1 Å². The van der Waals surface area contributed by atoms with E-state index in [2.05, 4.69) is 15.5 Å². The Kier molecular flexibility index (Phi) is 5.93. The molecule has 1 saturated heterocycles. The van der Waals surface area contributed by atoms with E-state index in [0.29, 0.717) is 25.4 Å². The number of piperidine rings is 1. The van der Waals surface area contributed by atoms with Crippen molar-refractivity contribution in [1.29, 1.82) is 0 Å². The van der Waals surface area contributed by atoms with Crippen molar-refractivity contribution < 1.29 is 9.59 Å². The van der Waals surface area contributed by atoms with Crippen LogP contribution in [0, 0.1) is 5.92 Å². The average Bonchev–Trinajstić information content (AvgIpc) is 2.36. The summed E-state index contributed by atoms with van der Waals surface area (Å²) in [6.45, 7) is 3.38. The Hall–Kier alpha value is -1.14. The van der Waals surface area contributed by atoms with E-state index in [-0.39, 0.29) is 5.91 Å². The number of amides is 3. The van der Waals surface area contributed by atoms with Gasteiger partial charge in [-0.05, 0) is 31.8 Å². The number of carbonyl (C=O) groups is 2. The maximum absolute atomic E-state index is 11.4. The smallest absolute Gasteiger partial charge is 0.321 e. The van der Waals surface area contributed by atoms with E-state index in [1.54, 1.807) is 0 Å². The number of hydrogen-bond acceptors (Lipinski definition) is 4. The van der Waals surface area contributed by atoms with Crippen LogP contribution in [-0.2, 0) is 4.79 Å². The summed E-state index contributed by atoms with van der Waals surface area (Å²) in [5, 5.41) is 4.60. The highest BCUT2D eigenvalue weighted by atomic mass is 16.2. The number of nitrogens with two attached hydrogens (primary N) is 1. The van der Waals surface area contributed by atoms with Gasteiger partial charge in [-0.3, -0.25) is 10.1 Å². The van der Waals surface area contributed by atoms with E-state index in [4.69, 9.17) is 5.73 Å². The fraction of sp³-hybridized carbons (Fsp3) is 0.818. The molecule has 0 spiro atoms. The minimum atomic E-state index is -0.450. The van der Waals surface area contributed by atoms with E-state index in [0.717, 1.165) is 19.5 Å². The van der Waals surface area contributed by atoms with Crippen LogP contribution in [0.1, 0.15) is 19.3 Å². The Morgan fingerprint density at radius 2 is 2.24 bits per heavy atom. The van der Waals surface area contributed by atoms with Crippen LogP contribution in [0.15, 0.2) is 0 Å². The van der Waals surface area contributed by atoms with Gasteiger partial charge in [-0.1, -0.05) is 0 Å². The molecule has 98 valence electrons. The number of nitrogens with zero attached hydrogens (tertiary/aromatic N) is 1. The molecule has 0 aromatic rings. The molecule has 0 radical (unpaired) electrons. The number of urea groups is 1. The summed E-state index contributed by atoms with van der Waals surface area (Å²) < 4.78 is 0. The molecule has 0 bridgehead atoms. The van der Waals surface area contributed by atoms with Crippen molar-refractivity contribution in [2.45, 2.75) is 19.3 Å². The van der Waals surface area contributed by atoms with E-state index < -0.39 is 6.03 Å². The molecule has 17 heavy (non-hydrogen) atoms. The summed E-state index contributed by atoms with van der Waals surface area (Å²) in [5.41, 5.74) is 5.65. The molecule has 3 amide bonds. The largest absolute Gasteiger partial charge is 0.341 e. The van der Waals surface area contributed by atoms with Gasteiger partial charge >= 0.3 is 6.03 Å². The van der Waals surface area contributed by atoms with Crippen LogP contribution >= 0.6 is 0 Å². The fourth-order valence-electron chi connectivity index (χ4n) is 2.06. The molecule has 0 aromatic heterocycles. The SMILES string of the molecule is CNC(=O)NC(=O)CCN1CCCC(CN)C1. The third-order valence-electron chi connectivity index (χ3n) is 3.07. The second kappa shape index (κ2) is 7.24. The first-order valence-electron chi connectivity index (χ1n) is 6.09. The Morgan fingerprint density at radius 1 is 1.47 bits per heavy atom. The number of hydrogen-bond donors (Lipinski definition) is 3. The number of rotatable bonds is 4. The number of nitrogens with one attached hydrogen (secondary N) is 2. The fourth-order valence-corrected chi connectivity index (χ4v) is 2.06. The standard InChI is InChI=1S/C11H22N4O2/c1-13-11(17)14-10(16)4-6-15-5-2-3-9(7-12)8-15/h9H,2-8,12H2,1H3,(H2,13,14,16,17). The predicted octanol–water partition coefficient (Wildman–Crippen LogP) is -0.497. The minimum absolute atomic E-state index is 0.237.